The Kier molecular flexibility index (Phi) is 32.9. The lowest BCUT2D eigenvalue weighted by atomic mass is 10.1. The summed E-state index contributed by atoms with van der Waals surface area (Å²) in [6.07, 6.45) is 18.1. The molecule has 0 amide bonds. The Morgan fingerprint density at radius 1 is 0.600 bits per heavy atom. The van der Waals surface area contributed by atoms with Crippen molar-refractivity contribution in [2.24, 2.45) is 0 Å². The third-order valence-corrected chi connectivity index (χ3v) is 8.06. The van der Waals surface area contributed by atoms with Gasteiger partial charge in [-0.25, -0.2) is 4.79 Å². The zero-order valence-corrected chi connectivity index (χ0v) is 29.7. The number of hydrogen-bond acceptors (Lipinski definition) is 9. The summed E-state index contributed by atoms with van der Waals surface area (Å²) in [5.41, 5.74) is 0. The van der Waals surface area contributed by atoms with Gasteiger partial charge in [-0.05, 0) is 64.5 Å². The molecule has 1 N–H and O–H groups in total. The van der Waals surface area contributed by atoms with Gasteiger partial charge in [0.15, 0.2) is 6.29 Å². The van der Waals surface area contributed by atoms with E-state index in [1.165, 1.54) is 64.2 Å². The number of rotatable bonds is 34. The first-order valence-electron chi connectivity index (χ1n) is 18.6. The minimum atomic E-state index is -0.712. The van der Waals surface area contributed by atoms with Gasteiger partial charge in [0.1, 0.15) is 6.10 Å². The second-order valence-corrected chi connectivity index (χ2v) is 12.0. The highest BCUT2D eigenvalue weighted by atomic mass is 16.7. The van der Waals surface area contributed by atoms with E-state index in [2.05, 4.69) is 32.6 Å². The van der Waals surface area contributed by atoms with Gasteiger partial charge in [-0.15, -0.1) is 0 Å². The molecule has 0 aliphatic heterocycles. The largest absolute Gasteiger partial charge is 0.508 e. The monoisotopic (exact) mass is 646 g/mol. The number of carbonyl (C=O) groups excluding carboxylic acids is 2. The van der Waals surface area contributed by atoms with Crippen molar-refractivity contribution in [3.8, 4) is 0 Å². The van der Waals surface area contributed by atoms with Crippen LogP contribution in [0.1, 0.15) is 156 Å². The van der Waals surface area contributed by atoms with E-state index in [0.717, 1.165) is 65.0 Å². The quantitative estimate of drug-likeness (QED) is 0.0418. The maximum Gasteiger partial charge on any atom is 0.508 e. The van der Waals surface area contributed by atoms with Gasteiger partial charge in [0.05, 0.1) is 13.2 Å². The van der Waals surface area contributed by atoms with Crippen molar-refractivity contribution >= 4 is 12.1 Å². The molecule has 0 rings (SSSR count). The van der Waals surface area contributed by atoms with Crippen molar-refractivity contribution in [1.29, 1.82) is 0 Å². The van der Waals surface area contributed by atoms with Crippen molar-refractivity contribution in [2.75, 3.05) is 52.7 Å². The molecule has 0 aliphatic carbocycles. The fourth-order valence-corrected chi connectivity index (χ4v) is 5.10. The van der Waals surface area contributed by atoms with E-state index in [1.807, 2.05) is 0 Å². The number of aliphatic hydroxyl groups is 1. The van der Waals surface area contributed by atoms with E-state index in [4.69, 9.17) is 23.7 Å². The van der Waals surface area contributed by atoms with E-state index in [0.29, 0.717) is 38.7 Å². The van der Waals surface area contributed by atoms with E-state index in [9.17, 15) is 14.7 Å². The maximum atomic E-state index is 12.4. The van der Waals surface area contributed by atoms with E-state index in [1.54, 1.807) is 0 Å². The lowest BCUT2D eigenvalue weighted by Crippen LogP contribution is -2.26. The molecule has 0 saturated carbocycles. The highest BCUT2D eigenvalue weighted by Gasteiger charge is 2.17. The number of esters is 1. The molecular formula is C36H71NO8. The Balaban J connectivity index is 4.33. The Hall–Kier alpha value is -1.42. The lowest BCUT2D eigenvalue weighted by Gasteiger charge is -2.19. The number of carbonyl (C=O) groups is 2. The van der Waals surface area contributed by atoms with Gasteiger partial charge in [0, 0.05) is 39.2 Å². The van der Waals surface area contributed by atoms with Crippen LogP contribution in [0.25, 0.3) is 0 Å². The molecule has 1 atom stereocenters. The fourth-order valence-electron chi connectivity index (χ4n) is 5.10. The van der Waals surface area contributed by atoms with Crippen molar-refractivity contribution in [3.63, 3.8) is 0 Å². The number of ether oxygens (including phenoxy) is 5. The molecular weight excluding hydrogens is 574 g/mol. The van der Waals surface area contributed by atoms with Crippen LogP contribution in [0, 0.1) is 0 Å². The zero-order valence-electron chi connectivity index (χ0n) is 29.7. The molecule has 9 heteroatoms. The Morgan fingerprint density at radius 3 is 1.78 bits per heavy atom. The summed E-state index contributed by atoms with van der Waals surface area (Å²) in [7, 11) is 0. The first-order chi connectivity index (χ1) is 22.0. The van der Waals surface area contributed by atoms with Crippen LogP contribution in [0.2, 0.25) is 0 Å². The van der Waals surface area contributed by atoms with Crippen LogP contribution < -0.4 is 0 Å². The Bertz CT molecular complexity index is 629. The van der Waals surface area contributed by atoms with Gasteiger partial charge >= 0.3 is 12.1 Å². The molecule has 0 radical (unpaired) electrons. The second-order valence-electron chi connectivity index (χ2n) is 12.0. The van der Waals surface area contributed by atoms with E-state index < -0.39 is 12.3 Å². The summed E-state index contributed by atoms with van der Waals surface area (Å²) in [4.78, 5) is 26.8. The second kappa shape index (κ2) is 33.9. The van der Waals surface area contributed by atoms with Crippen molar-refractivity contribution in [2.45, 2.75) is 169 Å². The van der Waals surface area contributed by atoms with Gasteiger partial charge in [-0.3, -0.25) is 4.79 Å². The van der Waals surface area contributed by atoms with E-state index in [-0.39, 0.29) is 25.5 Å². The average Bonchev–Trinajstić information content (AvgIpc) is 3.04. The molecule has 0 aromatic carbocycles. The van der Waals surface area contributed by atoms with Gasteiger partial charge in [0.2, 0.25) is 0 Å². The number of unbranched alkanes of at least 4 members (excludes halogenated alkanes) is 11. The van der Waals surface area contributed by atoms with Gasteiger partial charge in [-0.2, -0.15) is 0 Å². The first-order valence-corrected chi connectivity index (χ1v) is 18.6. The molecule has 0 fully saturated rings. The van der Waals surface area contributed by atoms with Crippen LogP contribution in [0.3, 0.4) is 0 Å². The molecule has 0 aromatic rings. The lowest BCUT2D eigenvalue weighted by molar-refractivity contribution is -0.150. The van der Waals surface area contributed by atoms with Crippen molar-refractivity contribution in [1.82, 2.24) is 4.90 Å². The summed E-state index contributed by atoms with van der Waals surface area (Å²) in [5, 5.41) is 9.21. The highest BCUT2D eigenvalue weighted by Crippen LogP contribution is 2.14. The predicted molar refractivity (Wildman–Crippen MR) is 181 cm³/mol. The normalized spacial score (nSPS) is 12.2. The third-order valence-electron chi connectivity index (χ3n) is 8.06. The fraction of sp³-hybridized carbons (Fsp3) is 0.944. The summed E-state index contributed by atoms with van der Waals surface area (Å²) >= 11 is 0. The van der Waals surface area contributed by atoms with Crippen molar-refractivity contribution < 1.29 is 38.4 Å². The summed E-state index contributed by atoms with van der Waals surface area (Å²) in [6, 6.07) is 0. The molecule has 268 valence electrons. The molecule has 0 spiro atoms. The van der Waals surface area contributed by atoms with Crippen LogP contribution in [0.4, 0.5) is 4.79 Å². The van der Waals surface area contributed by atoms with Crippen LogP contribution in [-0.4, -0.2) is 87.2 Å². The van der Waals surface area contributed by atoms with Gasteiger partial charge in [0.25, 0.3) is 0 Å². The molecule has 1 unspecified atom stereocenters. The smallest absolute Gasteiger partial charge is 0.466 e. The van der Waals surface area contributed by atoms with Crippen LogP contribution >= 0.6 is 0 Å². The predicted octanol–water partition coefficient (Wildman–Crippen LogP) is 8.59. The highest BCUT2D eigenvalue weighted by molar-refractivity contribution is 5.69. The van der Waals surface area contributed by atoms with Crippen LogP contribution in [0.15, 0.2) is 0 Å². The molecule has 45 heavy (non-hydrogen) atoms. The topological polar surface area (TPSA) is 104 Å². The molecule has 0 bridgehead atoms. The van der Waals surface area contributed by atoms with E-state index >= 15 is 0 Å². The maximum absolute atomic E-state index is 12.4. The van der Waals surface area contributed by atoms with Crippen molar-refractivity contribution in [3.05, 3.63) is 0 Å². The number of nitrogens with zero attached hydrogens (tertiary/aromatic N) is 1. The summed E-state index contributed by atoms with van der Waals surface area (Å²) in [6.45, 7) is 13.4. The average molecular weight is 646 g/mol. The molecule has 0 heterocycles. The summed E-state index contributed by atoms with van der Waals surface area (Å²) in [5.74, 6) is -0.257. The van der Waals surface area contributed by atoms with Gasteiger partial charge in [-0.1, -0.05) is 91.9 Å². The molecule has 0 aliphatic rings. The van der Waals surface area contributed by atoms with Gasteiger partial charge < -0.3 is 33.7 Å². The number of hydrogen-bond donors (Lipinski definition) is 1. The minimum Gasteiger partial charge on any atom is -0.466 e. The minimum absolute atomic E-state index is 0.00487. The standard InChI is InChI=1S/C36H71NO8/c1-5-9-11-13-15-19-29-42-35(43-30-20-16-14-12-10-6-2)25-18-17-24-34(39)41-32-26-33(23-21-28-38)45-36(40)44-31-22-27-37(7-3)8-4/h33,35,38H,5-32H2,1-4H3. The molecule has 9 nitrogen and oxygen atoms in total. The Morgan fingerprint density at radius 2 is 1.20 bits per heavy atom. The Labute approximate surface area is 276 Å². The van der Waals surface area contributed by atoms with Crippen LogP contribution in [0.5, 0.6) is 0 Å². The zero-order chi connectivity index (χ0) is 33.2. The molecule has 0 saturated heterocycles. The molecule has 0 aromatic heterocycles. The SMILES string of the molecule is CCCCCCCCOC(CCCCC(=O)OCCC(CCCO)OC(=O)OCCCN(CC)CC)OCCCCCCCC. The third kappa shape index (κ3) is 29.7. The summed E-state index contributed by atoms with van der Waals surface area (Å²) < 4.78 is 28.3. The number of aliphatic hydroxyl groups excluding tert-OH is 1. The van der Waals surface area contributed by atoms with Crippen LogP contribution in [-0.2, 0) is 28.5 Å². The first kappa shape index (κ1) is 43.6.